The number of rotatable bonds is 5. The van der Waals surface area contributed by atoms with E-state index in [0.29, 0.717) is 24.9 Å². The Morgan fingerprint density at radius 2 is 2.16 bits per heavy atom. The Bertz CT molecular complexity index is 445. The minimum atomic E-state index is -0.566. The largest absolute Gasteiger partial charge is 0.399 e. The van der Waals surface area contributed by atoms with Crippen LogP contribution in [-0.4, -0.2) is 25.2 Å². The van der Waals surface area contributed by atoms with E-state index in [1.165, 1.54) is 31.0 Å². The molecule has 1 aromatic rings. The van der Waals surface area contributed by atoms with Gasteiger partial charge in [-0.2, -0.15) is 0 Å². The smallest absolute Gasteiger partial charge is 0.254 e. The van der Waals surface area contributed by atoms with Gasteiger partial charge in [0, 0.05) is 12.2 Å². The molecule has 0 aliphatic heterocycles. The number of anilines is 1. The topological polar surface area (TPSA) is 64.4 Å². The van der Waals surface area contributed by atoms with E-state index >= 15 is 0 Å². The van der Waals surface area contributed by atoms with Crippen LogP contribution in [0, 0.1) is 5.82 Å². The number of hydrogen-bond acceptors (Lipinski definition) is 3. The van der Waals surface area contributed by atoms with E-state index in [1.807, 2.05) is 0 Å². The van der Waals surface area contributed by atoms with E-state index in [4.69, 9.17) is 10.5 Å². The number of ether oxygens (including phenoxy) is 1. The van der Waals surface area contributed by atoms with Crippen molar-refractivity contribution in [2.45, 2.75) is 31.8 Å². The van der Waals surface area contributed by atoms with E-state index < -0.39 is 11.7 Å². The molecule has 0 spiro atoms. The lowest BCUT2D eigenvalue weighted by Gasteiger charge is -2.11. The van der Waals surface area contributed by atoms with Gasteiger partial charge in [0.2, 0.25) is 0 Å². The lowest BCUT2D eigenvalue weighted by atomic mass is 10.2. The average molecular weight is 266 g/mol. The van der Waals surface area contributed by atoms with E-state index in [1.54, 1.807) is 0 Å². The van der Waals surface area contributed by atoms with Crippen molar-refractivity contribution in [3.05, 3.63) is 29.6 Å². The molecule has 0 saturated heterocycles. The van der Waals surface area contributed by atoms with Gasteiger partial charge in [-0.15, -0.1) is 0 Å². The summed E-state index contributed by atoms with van der Waals surface area (Å²) in [7, 11) is 0. The van der Waals surface area contributed by atoms with Crippen molar-refractivity contribution in [3.63, 3.8) is 0 Å². The zero-order valence-electron chi connectivity index (χ0n) is 10.8. The molecule has 2 rings (SSSR count). The maximum Gasteiger partial charge on any atom is 0.254 e. The van der Waals surface area contributed by atoms with Crippen molar-refractivity contribution in [1.29, 1.82) is 0 Å². The van der Waals surface area contributed by atoms with Crippen molar-refractivity contribution in [3.8, 4) is 0 Å². The number of carbonyl (C=O) groups excluding carboxylic acids is 1. The average Bonchev–Trinajstić information content (AvgIpc) is 2.90. The third-order valence-electron chi connectivity index (χ3n) is 3.28. The van der Waals surface area contributed by atoms with E-state index in [9.17, 15) is 9.18 Å². The second-order valence-electron chi connectivity index (χ2n) is 4.77. The van der Waals surface area contributed by atoms with Gasteiger partial charge in [0.05, 0.1) is 18.3 Å². The Balaban J connectivity index is 1.75. The van der Waals surface area contributed by atoms with Crippen molar-refractivity contribution in [2.75, 3.05) is 18.9 Å². The summed E-state index contributed by atoms with van der Waals surface area (Å²) in [6.45, 7) is 0.837. The SMILES string of the molecule is Nc1ccc(F)c(C(=O)NCCOC2CCCC2)c1. The van der Waals surface area contributed by atoms with Gasteiger partial charge in [0.15, 0.2) is 0 Å². The van der Waals surface area contributed by atoms with Gasteiger partial charge in [-0.3, -0.25) is 4.79 Å². The highest BCUT2D eigenvalue weighted by molar-refractivity contribution is 5.95. The second kappa shape index (κ2) is 6.52. The third-order valence-corrected chi connectivity index (χ3v) is 3.28. The predicted octanol–water partition coefficient (Wildman–Crippen LogP) is 2.10. The van der Waals surface area contributed by atoms with Crippen LogP contribution < -0.4 is 11.1 Å². The van der Waals surface area contributed by atoms with E-state index in [0.717, 1.165) is 12.8 Å². The first-order valence-corrected chi connectivity index (χ1v) is 6.61. The van der Waals surface area contributed by atoms with E-state index in [-0.39, 0.29) is 5.56 Å². The van der Waals surface area contributed by atoms with Gasteiger partial charge in [0.1, 0.15) is 5.82 Å². The normalized spacial score (nSPS) is 15.6. The Labute approximate surface area is 112 Å². The Kier molecular flexibility index (Phi) is 4.74. The molecule has 19 heavy (non-hydrogen) atoms. The number of nitrogen functional groups attached to an aromatic ring is 1. The van der Waals surface area contributed by atoms with Crippen molar-refractivity contribution < 1.29 is 13.9 Å². The molecule has 4 nitrogen and oxygen atoms in total. The molecule has 0 atom stereocenters. The molecule has 1 saturated carbocycles. The van der Waals surface area contributed by atoms with Crippen molar-refractivity contribution in [2.24, 2.45) is 0 Å². The van der Waals surface area contributed by atoms with Gasteiger partial charge < -0.3 is 15.8 Å². The monoisotopic (exact) mass is 266 g/mol. The number of amides is 1. The first-order chi connectivity index (χ1) is 9.16. The minimum Gasteiger partial charge on any atom is -0.399 e. The lowest BCUT2D eigenvalue weighted by molar-refractivity contribution is 0.0581. The van der Waals surface area contributed by atoms with Crippen LogP contribution in [-0.2, 0) is 4.74 Å². The first kappa shape index (κ1) is 13.8. The fourth-order valence-corrected chi connectivity index (χ4v) is 2.26. The second-order valence-corrected chi connectivity index (χ2v) is 4.77. The van der Waals surface area contributed by atoms with Crippen LogP contribution in [0.1, 0.15) is 36.0 Å². The molecule has 1 aromatic carbocycles. The molecule has 5 heteroatoms. The van der Waals surface area contributed by atoms with Gasteiger partial charge in [0.25, 0.3) is 5.91 Å². The highest BCUT2D eigenvalue weighted by atomic mass is 19.1. The molecule has 1 aliphatic rings. The van der Waals surface area contributed by atoms with Gasteiger partial charge in [-0.1, -0.05) is 12.8 Å². The molecule has 1 aliphatic carbocycles. The maximum absolute atomic E-state index is 13.4. The van der Waals surface area contributed by atoms with Gasteiger partial charge in [-0.25, -0.2) is 4.39 Å². The molecule has 1 fully saturated rings. The van der Waals surface area contributed by atoms with Crippen LogP contribution in [0.15, 0.2) is 18.2 Å². The molecule has 0 heterocycles. The Hall–Kier alpha value is -1.62. The molecule has 0 radical (unpaired) electrons. The predicted molar refractivity (Wildman–Crippen MR) is 71.4 cm³/mol. The molecular formula is C14H19FN2O2. The standard InChI is InChI=1S/C14H19FN2O2/c15-13-6-5-10(16)9-12(13)14(18)17-7-8-19-11-3-1-2-4-11/h5-6,9,11H,1-4,7-8,16H2,(H,17,18). The first-order valence-electron chi connectivity index (χ1n) is 6.61. The lowest BCUT2D eigenvalue weighted by Crippen LogP contribution is -2.29. The van der Waals surface area contributed by atoms with Crippen LogP contribution in [0.25, 0.3) is 0 Å². The molecule has 1 amide bonds. The number of nitrogens with one attached hydrogen (secondary N) is 1. The minimum absolute atomic E-state index is 0.0270. The molecule has 0 bridgehead atoms. The summed E-state index contributed by atoms with van der Waals surface area (Å²) in [6, 6.07) is 3.96. The molecule has 3 N–H and O–H groups in total. The summed E-state index contributed by atoms with van der Waals surface area (Å²) < 4.78 is 19.0. The van der Waals surface area contributed by atoms with Crippen LogP contribution in [0.4, 0.5) is 10.1 Å². The Morgan fingerprint density at radius 1 is 1.42 bits per heavy atom. The van der Waals surface area contributed by atoms with Crippen LogP contribution in [0.3, 0.4) is 0 Å². The highest BCUT2D eigenvalue weighted by Gasteiger charge is 2.15. The summed E-state index contributed by atoms with van der Waals surface area (Å²) in [5, 5.41) is 2.63. The molecule has 0 aromatic heterocycles. The van der Waals surface area contributed by atoms with Crippen molar-refractivity contribution >= 4 is 11.6 Å². The fraction of sp³-hybridized carbons (Fsp3) is 0.500. The molecular weight excluding hydrogens is 247 g/mol. The number of halogens is 1. The quantitative estimate of drug-likeness (QED) is 0.633. The zero-order chi connectivity index (χ0) is 13.7. The summed E-state index contributed by atoms with van der Waals surface area (Å²) >= 11 is 0. The van der Waals surface area contributed by atoms with Gasteiger partial charge >= 0.3 is 0 Å². The summed E-state index contributed by atoms with van der Waals surface area (Å²) in [6.07, 6.45) is 4.94. The Morgan fingerprint density at radius 3 is 2.89 bits per heavy atom. The number of benzene rings is 1. The molecule has 0 unspecified atom stereocenters. The van der Waals surface area contributed by atoms with Crippen LogP contribution in [0.5, 0.6) is 0 Å². The summed E-state index contributed by atoms with van der Waals surface area (Å²) in [5.41, 5.74) is 5.87. The zero-order valence-corrected chi connectivity index (χ0v) is 10.8. The highest BCUT2D eigenvalue weighted by Crippen LogP contribution is 2.20. The number of hydrogen-bond donors (Lipinski definition) is 2. The van der Waals surface area contributed by atoms with Crippen molar-refractivity contribution in [1.82, 2.24) is 5.32 Å². The van der Waals surface area contributed by atoms with Crippen LogP contribution in [0.2, 0.25) is 0 Å². The van der Waals surface area contributed by atoms with E-state index in [2.05, 4.69) is 5.32 Å². The maximum atomic E-state index is 13.4. The third kappa shape index (κ3) is 3.92. The molecule has 104 valence electrons. The number of carbonyl (C=O) groups is 1. The summed E-state index contributed by atoms with van der Waals surface area (Å²) in [4.78, 5) is 11.8. The van der Waals surface area contributed by atoms with Gasteiger partial charge in [-0.05, 0) is 31.0 Å². The van der Waals surface area contributed by atoms with Crippen LogP contribution >= 0.6 is 0 Å². The number of nitrogens with two attached hydrogens (primary N) is 1. The summed E-state index contributed by atoms with van der Waals surface area (Å²) in [5.74, 6) is -1.02. The fourth-order valence-electron chi connectivity index (χ4n) is 2.26.